The molecule has 2 rings (SSSR count). The molecular weight excluding hydrogens is 242 g/mol. The number of methoxy groups -OCH3 is 1. The van der Waals surface area contributed by atoms with E-state index in [1.807, 2.05) is 0 Å². The topological polar surface area (TPSA) is 64.1 Å². The van der Waals surface area contributed by atoms with E-state index in [1.165, 1.54) is 12.4 Å². The summed E-state index contributed by atoms with van der Waals surface area (Å²) in [5.74, 6) is -0.233. The number of hydrogen-bond acceptors (Lipinski definition) is 4. The maximum absolute atomic E-state index is 11.9. The lowest BCUT2D eigenvalue weighted by molar-refractivity contribution is 0.0719. The van der Waals surface area contributed by atoms with Gasteiger partial charge in [-0.3, -0.25) is 4.79 Å². The van der Waals surface area contributed by atoms with Gasteiger partial charge in [-0.1, -0.05) is 11.6 Å². The van der Waals surface area contributed by atoms with Crippen LogP contribution in [0.3, 0.4) is 0 Å². The molecule has 1 aliphatic carbocycles. The van der Waals surface area contributed by atoms with Gasteiger partial charge in [0.05, 0.1) is 24.5 Å². The zero-order chi connectivity index (χ0) is 12.3. The third-order valence-electron chi connectivity index (χ3n) is 2.92. The predicted molar refractivity (Wildman–Crippen MR) is 62.9 cm³/mol. The largest absolute Gasteiger partial charge is 0.379 e. The Morgan fingerprint density at radius 2 is 2.29 bits per heavy atom. The van der Waals surface area contributed by atoms with Gasteiger partial charge in [-0.15, -0.1) is 0 Å². The van der Waals surface area contributed by atoms with E-state index in [0.29, 0.717) is 0 Å². The van der Waals surface area contributed by atoms with Gasteiger partial charge in [0.25, 0.3) is 5.91 Å². The fourth-order valence-electron chi connectivity index (χ4n) is 2.05. The molecule has 1 aliphatic rings. The highest BCUT2D eigenvalue weighted by Crippen LogP contribution is 2.21. The summed E-state index contributed by atoms with van der Waals surface area (Å²) >= 11 is 5.61. The Morgan fingerprint density at radius 1 is 1.47 bits per heavy atom. The minimum Gasteiger partial charge on any atom is -0.379 e. The van der Waals surface area contributed by atoms with Crippen LogP contribution in [0.4, 0.5) is 0 Å². The van der Waals surface area contributed by atoms with E-state index in [0.717, 1.165) is 19.3 Å². The molecule has 0 spiro atoms. The molecule has 1 aromatic heterocycles. The van der Waals surface area contributed by atoms with Crippen LogP contribution in [0.25, 0.3) is 0 Å². The van der Waals surface area contributed by atoms with Crippen molar-refractivity contribution in [2.24, 2.45) is 0 Å². The van der Waals surface area contributed by atoms with Gasteiger partial charge in [0, 0.05) is 7.11 Å². The van der Waals surface area contributed by atoms with Crippen molar-refractivity contribution in [2.45, 2.75) is 31.4 Å². The smallest absolute Gasteiger partial charge is 0.271 e. The molecule has 0 aliphatic heterocycles. The van der Waals surface area contributed by atoms with Crippen molar-refractivity contribution < 1.29 is 9.53 Å². The molecule has 17 heavy (non-hydrogen) atoms. The second kappa shape index (κ2) is 5.42. The van der Waals surface area contributed by atoms with Crippen molar-refractivity contribution in [1.82, 2.24) is 15.3 Å². The van der Waals surface area contributed by atoms with Crippen LogP contribution < -0.4 is 5.32 Å². The quantitative estimate of drug-likeness (QED) is 0.887. The molecular formula is C11H14ClN3O2. The highest BCUT2D eigenvalue weighted by Gasteiger charge is 2.28. The van der Waals surface area contributed by atoms with E-state index in [2.05, 4.69) is 15.3 Å². The molecule has 1 saturated carbocycles. The average molecular weight is 256 g/mol. The first-order valence-electron chi connectivity index (χ1n) is 5.52. The monoisotopic (exact) mass is 255 g/mol. The summed E-state index contributed by atoms with van der Waals surface area (Å²) in [6.45, 7) is 0. The number of carbonyl (C=O) groups excluding carboxylic acids is 1. The van der Waals surface area contributed by atoms with Gasteiger partial charge in [-0.2, -0.15) is 0 Å². The molecule has 1 aromatic rings. The molecule has 0 radical (unpaired) electrons. The Bertz CT molecular complexity index is 396. The van der Waals surface area contributed by atoms with Gasteiger partial charge >= 0.3 is 0 Å². The minimum absolute atomic E-state index is 0.0602. The molecule has 1 N–H and O–H groups in total. The number of amides is 1. The number of ether oxygens (including phenoxy) is 1. The van der Waals surface area contributed by atoms with Crippen LogP contribution in [-0.2, 0) is 4.74 Å². The molecule has 2 unspecified atom stereocenters. The standard InChI is InChI=1S/C11H14ClN3O2/c1-17-9-4-2-3-7(9)15-11(16)8-5-14-10(12)6-13-8/h5-7,9H,2-4H2,1H3,(H,15,16). The zero-order valence-electron chi connectivity index (χ0n) is 9.52. The van der Waals surface area contributed by atoms with Crippen LogP contribution in [0.1, 0.15) is 29.8 Å². The molecule has 1 heterocycles. The Hall–Kier alpha value is -1.20. The van der Waals surface area contributed by atoms with E-state index in [9.17, 15) is 4.79 Å². The first kappa shape index (κ1) is 12.3. The Kier molecular flexibility index (Phi) is 3.91. The van der Waals surface area contributed by atoms with Crippen LogP contribution >= 0.6 is 11.6 Å². The summed E-state index contributed by atoms with van der Waals surface area (Å²) in [6, 6.07) is 0.0602. The van der Waals surface area contributed by atoms with Crippen molar-refractivity contribution >= 4 is 17.5 Å². The van der Waals surface area contributed by atoms with Crippen LogP contribution in [0.5, 0.6) is 0 Å². The third kappa shape index (κ3) is 2.92. The summed E-state index contributed by atoms with van der Waals surface area (Å²) in [6.07, 6.45) is 5.81. The fraction of sp³-hybridized carbons (Fsp3) is 0.545. The van der Waals surface area contributed by atoms with E-state index in [1.54, 1.807) is 7.11 Å². The molecule has 0 aromatic carbocycles. The van der Waals surface area contributed by atoms with Gasteiger partial charge in [0.1, 0.15) is 10.8 Å². The van der Waals surface area contributed by atoms with E-state index in [-0.39, 0.29) is 28.9 Å². The fourth-order valence-corrected chi connectivity index (χ4v) is 2.14. The van der Waals surface area contributed by atoms with Crippen molar-refractivity contribution in [3.63, 3.8) is 0 Å². The zero-order valence-corrected chi connectivity index (χ0v) is 10.3. The Labute approximate surface area is 105 Å². The van der Waals surface area contributed by atoms with Crippen LogP contribution in [0, 0.1) is 0 Å². The van der Waals surface area contributed by atoms with Gasteiger partial charge in [-0.05, 0) is 19.3 Å². The molecule has 6 heteroatoms. The maximum atomic E-state index is 11.9. The van der Waals surface area contributed by atoms with E-state index in [4.69, 9.17) is 16.3 Å². The SMILES string of the molecule is COC1CCCC1NC(=O)c1cnc(Cl)cn1. The first-order valence-corrected chi connectivity index (χ1v) is 5.89. The van der Waals surface area contributed by atoms with Crippen LogP contribution in [0.2, 0.25) is 5.15 Å². The minimum atomic E-state index is -0.233. The number of nitrogens with one attached hydrogen (secondary N) is 1. The molecule has 92 valence electrons. The average Bonchev–Trinajstić information content (AvgIpc) is 2.77. The molecule has 0 bridgehead atoms. The first-order chi connectivity index (χ1) is 8.20. The van der Waals surface area contributed by atoms with Gasteiger partial charge in [0.2, 0.25) is 0 Å². The van der Waals surface area contributed by atoms with Crippen LogP contribution in [0.15, 0.2) is 12.4 Å². The summed E-state index contributed by atoms with van der Waals surface area (Å²) in [5.41, 5.74) is 0.274. The lowest BCUT2D eigenvalue weighted by Gasteiger charge is -2.19. The lowest BCUT2D eigenvalue weighted by atomic mass is 10.2. The van der Waals surface area contributed by atoms with Gasteiger partial charge in [-0.25, -0.2) is 9.97 Å². The van der Waals surface area contributed by atoms with Crippen molar-refractivity contribution in [3.05, 3.63) is 23.2 Å². The van der Waals surface area contributed by atoms with Crippen molar-refractivity contribution in [3.8, 4) is 0 Å². The second-order valence-electron chi connectivity index (χ2n) is 4.01. The van der Waals surface area contributed by atoms with Gasteiger partial charge < -0.3 is 10.1 Å². The summed E-state index contributed by atoms with van der Waals surface area (Å²) < 4.78 is 5.31. The summed E-state index contributed by atoms with van der Waals surface area (Å²) in [7, 11) is 1.66. The maximum Gasteiger partial charge on any atom is 0.271 e. The summed E-state index contributed by atoms with van der Waals surface area (Å²) in [5, 5.41) is 3.18. The second-order valence-corrected chi connectivity index (χ2v) is 4.40. The summed E-state index contributed by atoms with van der Waals surface area (Å²) in [4.78, 5) is 19.6. The van der Waals surface area contributed by atoms with Crippen molar-refractivity contribution in [2.75, 3.05) is 7.11 Å². The number of halogens is 1. The number of nitrogens with zero attached hydrogens (tertiary/aromatic N) is 2. The predicted octanol–water partition coefficient (Wildman–Crippen LogP) is 1.43. The molecule has 0 saturated heterocycles. The number of aromatic nitrogens is 2. The highest BCUT2D eigenvalue weighted by molar-refractivity contribution is 6.29. The normalized spacial score (nSPS) is 23.6. The molecule has 1 fully saturated rings. The van der Waals surface area contributed by atoms with Gasteiger partial charge in [0.15, 0.2) is 0 Å². The van der Waals surface area contributed by atoms with Crippen molar-refractivity contribution in [1.29, 1.82) is 0 Å². The molecule has 5 nitrogen and oxygen atoms in total. The number of rotatable bonds is 3. The molecule has 2 atom stereocenters. The molecule has 1 amide bonds. The Morgan fingerprint density at radius 3 is 2.94 bits per heavy atom. The lowest BCUT2D eigenvalue weighted by Crippen LogP contribution is -2.41. The number of carbonyl (C=O) groups is 1. The van der Waals surface area contributed by atoms with Crippen LogP contribution in [-0.4, -0.2) is 35.1 Å². The van der Waals surface area contributed by atoms with E-state index >= 15 is 0 Å². The number of hydrogen-bond donors (Lipinski definition) is 1. The third-order valence-corrected chi connectivity index (χ3v) is 3.12. The van der Waals surface area contributed by atoms with E-state index < -0.39 is 0 Å². The Balaban J connectivity index is 1.99. The highest BCUT2D eigenvalue weighted by atomic mass is 35.5.